The third-order valence-electron chi connectivity index (χ3n) is 3.32. The van der Waals surface area contributed by atoms with Gasteiger partial charge in [-0.25, -0.2) is 0 Å². The first-order valence-electron chi connectivity index (χ1n) is 6.03. The predicted octanol–water partition coefficient (Wildman–Crippen LogP) is 3.81. The minimum absolute atomic E-state index is 0.187. The third kappa shape index (κ3) is 2.85. The van der Waals surface area contributed by atoms with E-state index >= 15 is 0 Å². The van der Waals surface area contributed by atoms with Crippen LogP contribution in [0.25, 0.3) is 0 Å². The monoisotopic (exact) mass is 220 g/mol. The Bertz CT molecular complexity index is 358. The van der Waals surface area contributed by atoms with Crippen molar-refractivity contribution < 1.29 is 5.11 Å². The molecule has 1 rings (SSSR count). The van der Waals surface area contributed by atoms with Gasteiger partial charge >= 0.3 is 0 Å². The van der Waals surface area contributed by atoms with E-state index in [-0.39, 0.29) is 5.92 Å². The summed E-state index contributed by atoms with van der Waals surface area (Å²) in [7, 11) is 0. The van der Waals surface area contributed by atoms with Gasteiger partial charge in [-0.3, -0.25) is 0 Å². The molecule has 0 unspecified atom stereocenters. The summed E-state index contributed by atoms with van der Waals surface area (Å²) in [6.07, 6.45) is 0. The number of benzene rings is 1. The van der Waals surface area contributed by atoms with E-state index in [0.717, 1.165) is 0 Å². The van der Waals surface area contributed by atoms with E-state index in [9.17, 15) is 5.11 Å². The minimum Gasteiger partial charge on any atom is -0.390 e. The van der Waals surface area contributed by atoms with E-state index in [4.69, 9.17) is 0 Å². The normalized spacial score (nSPS) is 14.2. The van der Waals surface area contributed by atoms with E-state index in [2.05, 4.69) is 45.9 Å². The molecule has 16 heavy (non-hydrogen) atoms. The summed E-state index contributed by atoms with van der Waals surface area (Å²) in [6.45, 7) is 12.4. The van der Waals surface area contributed by atoms with Crippen LogP contribution < -0.4 is 0 Å². The van der Waals surface area contributed by atoms with Gasteiger partial charge in [0.2, 0.25) is 0 Å². The second-order valence-electron chi connectivity index (χ2n) is 5.72. The van der Waals surface area contributed by atoms with Gasteiger partial charge in [0, 0.05) is 5.92 Å². The molecule has 1 nitrogen and oxygen atoms in total. The highest BCUT2D eigenvalue weighted by atomic mass is 16.3. The fourth-order valence-electron chi connectivity index (χ4n) is 2.57. The zero-order chi connectivity index (χ0) is 12.5. The summed E-state index contributed by atoms with van der Waals surface area (Å²) in [4.78, 5) is 0. The molecule has 0 aliphatic heterocycles. The van der Waals surface area contributed by atoms with E-state index in [1.807, 2.05) is 13.8 Å². The van der Waals surface area contributed by atoms with Crippen molar-refractivity contribution in [3.8, 4) is 0 Å². The standard InChI is InChI=1S/C15H24O/c1-10(2)14(15(5,6)16)13-8-7-11(3)12(4)9-13/h7-10,14,16H,1-6H3/t14-/m0/s1. The van der Waals surface area contributed by atoms with Crippen LogP contribution in [0, 0.1) is 19.8 Å². The molecule has 0 amide bonds. The van der Waals surface area contributed by atoms with E-state index < -0.39 is 5.60 Å². The molecular weight excluding hydrogens is 196 g/mol. The van der Waals surface area contributed by atoms with Gasteiger partial charge in [0.15, 0.2) is 0 Å². The molecule has 1 heteroatoms. The maximum absolute atomic E-state index is 10.3. The van der Waals surface area contributed by atoms with Gasteiger partial charge in [-0.05, 0) is 50.3 Å². The molecular formula is C15H24O. The summed E-state index contributed by atoms with van der Waals surface area (Å²) in [6, 6.07) is 6.49. The average molecular weight is 220 g/mol. The van der Waals surface area contributed by atoms with Crippen LogP contribution in [-0.4, -0.2) is 10.7 Å². The van der Waals surface area contributed by atoms with Crippen molar-refractivity contribution in [2.75, 3.05) is 0 Å². The maximum Gasteiger partial charge on any atom is 0.0662 e. The molecule has 0 aromatic heterocycles. The molecule has 0 saturated heterocycles. The Hall–Kier alpha value is -0.820. The zero-order valence-corrected chi connectivity index (χ0v) is 11.3. The van der Waals surface area contributed by atoms with Crippen LogP contribution >= 0.6 is 0 Å². The molecule has 0 bridgehead atoms. The van der Waals surface area contributed by atoms with E-state index in [1.165, 1.54) is 16.7 Å². The lowest BCUT2D eigenvalue weighted by Gasteiger charge is -2.33. The molecule has 0 aliphatic rings. The quantitative estimate of drug-likeness (QED) is 0.821. The maximum atomic E-state index is 10.3. The van der Waals surface area contributed by atoms with Crippen LogP contribution in [0.5, 0.6) is 0 Å². The summed E-state index contributed by atoms with van der Waals surface area (Å²) < 4.78 is 0. The predicted molar refractivity (Wildman–Crippen MR) is 69.8 cm³/mol. The highest BCUT2D eigenvalue weighted by molar-refractivity contribution is 5.33. The Morgan fingerprint density at radius 1 is 1.06 bits per heavy atom. The number of hydrogen-bond donors (Lipinski definition) is 1. The van der Waals surface area contributed by atoms with Gasteiger partial charge in [-0.2, -0.15) is 0 Å². The van der Waals surface area contributed by atoms with Crippen molar-refractivity contribution in [1.29, 1.82) is 0 Å². The van der Waals surface area contributed by atoms with Crippen molar-refractivity contribution in [3.05, 3.63) is 34.9 Å². The second kappa shape index (κ2) is 4.58. The molecule has 0 radical (unpaired) electrons. The molecule has 90 valence electrons. The Balaban J connectivity index is 3.17. The first-order valence-corrected chi connectivity index (χ1v) is 6.03. The minimum atomic E-state index is -0.671. The zero-order valence-electron chi connectivity index (χ0n) is 11.3. The van der Waals surface area contributed by atoms with Gasteiger partial charge in [-0.1, -0.05) is 32.0 Å². The van der Waals surface area contributed by atoms with Crippen LogP contribution in [0.3, 0.4) is 0 Å². The summed E-state index contributed by atoms with van der Waals surface area (Å²) in [5.41, 5.74) is 3.18. The van der Waals surface area contributed by atoms with Crippen LogP contribution in [0.2, 0.25) is 0 Å². The Morgan fingerprint density at radius 2 is 1.62 bits per heavy atom. The van der Waals surface area contributed by atoms with Gasteiger partial charge < -0.3 is 5.11 Å². The first-order chi connectivity index (χ1) is 7.23. The van der Waals surface area contributed by atoms with Crippen molar-refractivity contribution in [1.82, 2.24) is 0 Å². The van der Waals surface area contributed by atoms with Gasteiger partial charge in [0.25, 0.3) is 0 Å². The lowest BCUT2D eigenvalue weighted by atomic mass is 9.76. The second-order valence-corrected chi connectivity index (χ2v) is 5.72. The number of aliphatic hydroxyl groups is 1. The fraction of sp³-hybridized carbons (Fsp3) is 0.600. The lowest BCUT2D eigenvalue weighted by molar-refractivity contribution is 0.0332. The summed E-state index contributed by atoms with van der Waals surface area (Å²) in [5, 5.41) is 10.3. The molecule has 1 aromatic rings. The van der Waals surface area contributed by atoms with Gasteiger partial charge in [0.1, 0.15) is 0 Å². The number of rotatable bonds is 3. The topological polar surface area (TPSA) is 20.2 Å². The van der Waals surface area contributed by atoms with Crippen LogP contribution in [0.1, 0.15) is 50.3 Å². The molecule has 1 aromatic carbocycles. The van der Waals surface area contributed by atoms with E-state index in [1.54, 1.807) is 0 Å². The van der Waals surface area contributed by atoms with Crippen LogP contribution in [0.15, 0.2) is 18.2 Å². The summed E-state index contributed by atoms with van der Waals surface area (Å²) >= 11 is 0. The largest absolute Gasteiger partial charge is 0.390 e. The smallest absolute Gasteiger partial charge is 0.0662 e. The molecule has 0 fully saturated rings. The highest BCUT2D eigenvalue weighted by Crippen LogP contribution is 2.35. The third-order valence-corrected chi connectivity index (χ3v) is 3.32. The lowest BCUT2D eigenvalue weighted by Crippen LogP contribution is -2.32. The Kier molecular flexibility index (Phi) is 3.80. The molecule has 1 atom stereocenters. The van der Waals surface area contributed by atoms with Crippen molar-refractivity contribution in [2.45, 2.75) is 53.1 Å². The number of aryl methyl sites for hydroxylation is 2. The van der Waals surface area contributed by atoms with Gasteiger partial charge in [0.05, 0.1) is 5.60 Å². The van der Waals surface area contributed by atoms with Crippen LogP contribution in [-0.2, 0) is 0 Å². The molecule has 0 aliphatic carbocycles. The molecule has 1 N–H and O–H groups in total. The number of hydrogen-bond acceptors (Lipinski definition) is 1. The summed E-state index contributed by atoms with van der Waals surface area (Å²) in [5.74, 6) is 0.619. The van der Waals surface area contributed by atoms with Crippen LogP contribution in [0.4, 0.5) is 0 Å². The molecule has 0 saturated carbocycles. The fourth-order valence-corrected chi connectivity index (χ4v) is 2.57. The molecule has 0 spiro atoms. The van der Waals surface area contributed by atoms with Crippen molar-refractivity contribution in [3.63, 3.8) is 0 Å². The van der Waals surface area contributed by atoms with Gasteiger partial charge in [-0.15, -0.1) is 0 Å². The van der Waals surface area contributed by atoms with Crippen molar-refractivity contribution in [2.24, 2.45) is 5.92 Å². The van der Waals surface area contributed by atoms with E-state index in [0.29, 0.717) is 5.92 Å². The Labute approximate surface area is 99.5 Å². The average Bonchev–Trinajstić information content (AvgIpc) is 2.08. The Morgan fingerprint density at radius 3 is 2.00 bits per heavy atom. The first kappa shape index (κ1) is 13.2. The SMILES string of the molecule is Cc1ccc([C@H](C(C)C)C(C)(C)O)cc1C. The van der Waals surface area contributed by atoms with Crippen molar-refractivity contribution >= 4 is 0 Å². The molecule has 0 heterocycles. The highest BCUT2D eigenvalue weighted by Gasteiger charge is 2.30.